The quantitative estimate of drug-likeness (QED) is 0.371. The maximum Gasteiger partial charge on any atom is 0.263 e. The first-order valence-corrected chi connectivity index (χ1v) is 14.5. The van der Waals surface area contributed by atoms with Crippen molar-refractivity contribution in [1.82, 2.24) is 9.55 Å². The average Bonchev–Trinajstić information content (AvgIpc) is 3.42. The van der Waals surface area contributed by atoms with Crippen molar-refractivity contribution in [3.63, 3.8) is 0 Å². The Kier molecular flexibility index (Phi) is 5.96. The first-order valence-electron chi connectivity index (χ1n) is 11.0. The van der Waals surface area contributed by atoms with Crippen LogP contribution in [-0.2, 0) is 22.7 Å². The third kappa shape index (κ3) is 4.10. The van der Waals surface area contributed by atoms with Crippen LogP contribution >= 0.6 is 23.1 Å². The number of benzene rings is 1. The number of sulfone groups is 1. The van der Waals surface area contributed by atoms with E-state index in [1.165, 1.54) is 28.6 Å². The minimum absolute atomic E-state index is 0.0290. The lowest BCUT2D eigenvalue weighted by atomic mass is 9.97. The largest absolute Gasteiger partial charge is 0.284 e. The molecule has 5 rings (SSSR count). The number of nitrogens with zero attached hydrogens (tertiary/aromatic N) is 2. The van der Waals surface area contributed by atoms with Crippen LogP contribution < -0.4 is 5.56 Å². The van der Waals surface area contributed by atoms with Gasteiger partial charge in [0.2, 0.25) is 0 Å². The van der Waals surface area contributed by atoms with Gasteiger partial charge in [-0.2, -0.15) is 0 Å². The van der Waals surface area contributed by atoms with Crippen LogP contribution in [0.5, 0.6) is 0 Å². The highest BCUT2D eigenvalue weighted by molar-refractivity contribution is 8.00. The van der Waals surface area contributed by atoms with Gasteiger partial charge in [-0.15, -0.1) is 11.3 Å². The molecule has 0 saturated heterocycles. The fourth-order valence-corrected chi connectivity index (χ4v) is 8.81. The maximum atomic E-state index is 13.6. The van der Waals surface area contributed by atoms with Crippen LogP contribution in [0, 0.1) is 0 Å². The average molecular weight is 475 g/mol. The summed E-state index contributed by atoms with van der Waals surface area (Å²) < 4.78 is 27.3. The van der Waals surface area contributed by atoms with Gasteiger partial charge in [0.05, 0.1) is 16.0 Å². The summed E-state index contributed by atoms with van der Waals surface area (Å²) in [5, 5.41) is 1.51. The van der Waals surface area contributed by atoms with E-state index in [1.807, 2.05) is 10.6 Å². The van der Waals surface area contributed by atoms with E-state index in [0.717, 1.165) is 55.2 Å². The molecule has 0 N–H and O–H groups in total. The third-order valence-electron chi connectivity index (χ3n) is 6.36. The number of thiophene rings is 1. The molecule has 0 amide bonds. The van der Waals surface area contributed by atoms with Crippen molar-refractivity contribution in [2.75, 3.05) is 11.5 Å². The van der Waals surface area contributed by atoms with E-state index in [9.17, 15) is 13.2 Å². The zero-order chi connectivity index (χ0) is 21.4. The second-order valence-electron chi connectivity index (χ2n) is 8.38. The van der Waals surface area contributed by atoms with Crippen molar-refractivity contribution in [2.24, 2.45) is 0 Å². The summed E-state index contributed by atoms with van der Waals surface area (Å²) in [6.07, 6.45) is 8.57. The third-order valence-corrected chi connectivity index (χ3v) is 10.5. The van der Waals surface area contributed by atoms with Crippen LogP contribution in [0.1, 0.15) is 55.0 Å². The summed E-state index contributed by atoms with van der Waals surface area (Å²) in [5.74, 6) is 0.411. The SMILES string of the molecule is O=c1c2c3c(sc2nc(SCCS(=O)(=O)c2ccccc2)n1C1CCCC1)CCCC3. The molecule has 0 unspecified atom stereocenters. The second kappa shape index (κ2) is 8.71. The summed E-state index contributed by atoms with van der Waals surface area (Å²) in [4.78, 5) is 21.1. The van der Waals surface area contributed by atoms with E-state index in [-0.39, 0.29) is 17.4 Å². The van der Waals surface area contributed by atoms with Gasteiger partial charge in [0.1, 0.15) is 4.83 Å². The predicted molar refractivity (Wildman–Crippen MR) is 127 cm³/mol. The second-order valence-corrected chi connectivity index (χ2v) is 12.6. The molecule has 5 nitrogen and oxygen atoms in total. The van der Waals surface area contributed by atoms with Gasteiger partial charge in [0.15, 0.2) is 15.0 Å². The van der Waals surface area contributed by atoms with Gasteiger partial charge in [-0.3, -0.25) is 9.36 Å². The Morgan fingerprint density at radius 1 is 1.06 bits per heavy atom. The highest BCUT2D eigenvalue weighted by Gasteiger charge is 2.27. The van der Waals surface area contributed by atoms with Crippen LogP contribution in [0.25, 0.3) is 10.2 Å². The van der Waals surface area contributed by atoms with Gasteiger partial charge in [0, 0.05) is 16.7 Å². The summed E-state index contributed by atoms with van der Waals surface area (Å²) in [6, 6.07) is 8.74. The van der Waals surface area contributed by atoms with Gasteiger partial charge < -0.3 is 0 Å². The molecule has 164 valence electrons. The Morgan fingerprint density at radius 2 is 1.81 bits per heavy atom. The predicted octanol–water partition coefficient (Wildman–Crippen LogP) is 5.02. The lowest BCUT2D eigenvalue weighted by molar-refractivity contribution is 0.458. The van der Waals surface area contributed by atoms with Crippen LogP contribution in [0.4, 0.5) is 0 Å². The van der Waals surface area contributed by atoms with Crippen molar-refractivity contribution >= 4 is 43.2 Å². The standard InChI is InChI=1S/C23H26N2O3S3/c26-22-20-18-12-6-7-13-19(18)30-21(20)24-23(25(22)16-8-4-5-9-16)29-14-15-31(27,28)17-10-2-1-3-11-17/h1-3,10-11,16H,4-9,12-15H2. The molecule has 8 heteroatoms. The zero-order valence-corrected chi connectivity index (χ0v) is 19.8. The molecule has 2 heterocycles. The molecule has 31 heavy (non-hydrogen) atoms. The topological polar surface area (TPSA) is 69.0 Å². The van der Waals surface area contributed by atoms with E-state index in [4.69, 9.17) is 4.98 Å². The van der Waals surface area contributed by atoms with Gasteiger partial charge >= 0.3 is 0 Å². The summed E-state index contributed by atoms with van der Waals surface area (Å²) in [7, 11) is -3.35. The number of hydrogen-bond acceptors (Lipinski definition) is 6. The van der Waals surface area contributed by atoms with Crippen molar-refractivity contribution in [3.8, 4) is 0 Å². The summed E-state index contributed by atoms with van der Waals surface area (Å²) in [5.41, 5.74) is 1.31. The maximum absolute atomic E-state index is 13.6. The Morgan fingerprint density at radius 3 is 2.58 bits per heavy atom. The first-order chi connectivity index (χ1) is 15.0. The molecule has 0 atom stereocenters. The number of fused-ring (bicyclic) bond motifs is 3. The first kappa shape index (κ1) is 21.2. The molecular formula is C23H26N2O3S3. The van der Waals surface area contributed by atoms with Crippen molar-refractivity contribution in [3.05, 3.63) is 51.1 Å². The molecule has 1 saturated carbocycles. The van der Waals surface area contributed by atoms with E-state index < -0.39 is 9.84 Å². The van der Waals surface area contributed by atoms with Crippen LogP contribution in [-0.4, -0.2) is 29.5 Å². The Bertz CT molecular complexity index is 1260. The normalized spacial score (nSPS) is 17.3. The zero-order valence-electron chi connectivity index (χ0n) is 17.4. The van der Waals surface area contributed by atoms with E-state index in [0.29, 0.717) is 15.8 Å². The van der Waals surface area contributed by atoms with Crippen LogP contribution in [0.2, 0.25) is 0 Å². The smallest absolute Gasteiger partial charge is 0.263 e. The number of aromatic nitrogens is 2. The molecule has 1 aromatic carbocycles. The number of thioether (sulfide) groups is 1. The van der Waals surface area contributed by atoms with E-state index in [2.05, 4.69) is 0 Å². The Balaban J connectivity index is 1.48. The van der Waals surface area contributed by atoms with E-state index >= 15 is 0 Å². The van der Waals surface area contributed by atoms with Crippen molar-refractivity contribution < 1.29 is 8.42 Å². The number of hydrogen-bond donors (Lipinski definition) is 0. The fourth-order valence-electron chi connectivity index (χ4n) is 4.77. The van der Waals surface area contributed by atoms with Gasteiger partial charge in [-0.1, -0.05) is 42.8 Å². The minimum Gasteiger partial charge on any atom is -0.284 e. The monoisotopic (exact) mass is 474 g/mol. The molecule has 0 bridgehead atoms. The number of rotatable bonds is 6. The molecule has 1 fully saturated rings. The van der Waals surface area contributed by atoms with Crippen LogP contribution in [0.15, 0.2) is 45.2 Å². The molecule has 2 aromatic heterocycles. The Labute approximate surface area is 190 Å². The highest BCUT2D eigenvalue weighted by atomic mass is 32.2. The summed E-state index contributed by atoms with van der Waals surface area (Å²) >= 11 is 3.07. The summed E-state index contributed by atoms with van der Waals surface area (Å²) in [6.45, 7) is 0. The molecule has 0 radical (unpaired) electrons. The molecule has 2 aliphatic rings. The van der Waals surface area contributed by atoms with Crippen molar-refractivity contribution in [2.45, 2.75) is 67.5 Å². The number of aryl methyl sites for hydroxylation is 2. The van der Waals surface area contributed by atoms with Crippen molar-refractivity contribution in [1.29, 1.82) is 0 Å². The lowest BCUT2D eigenvalue weighted by Crippen LogP contribution is -2.27. The highest BCUT2D eigenvalue weighted by Crippen LogP contribution is 2.37. The van der Waals surface area contributed by atoms with Gasteiger partial charge in [-0.05, 0) is 56.2 Å². The molecule has 2 aliphatic carbocycles. The fraction of sp³-hybridized carbons (Fsp3) is 0.478. The Hall–Kier alpha value is -1.64. The molecular weight excluding hydrogens is 448 g/mol. The van der Waals surface area contributed by atoms with E-state index in [1.54, 1.807) is 35.6 Å². The molecule has 0 spiro atoms. The minimum atomic E-state index is -3.35. The molecule has 3 aromatic rings. The lowest BCUT2D eigenvalue weighted by Gasteiger charge is -2.18. The van der Waals surface area contributed by atoms with Gasteiger partial charge in [-0.25, -0.2) is 13.4 Å². The molecule has 0 aliphatic heterocycles. The van der Waals surface area contributed by atoms with Gasteiger partial charge in [0.25, 0.3) is 5.56 Å². The van der Waals surface area contributed by atoms with Crippen LogP contribution in [0.3, 0.4) is 0 Å².